The van der Waals surface area contributed by atoms with Crippen molar-refractivity contribution < 1.29 is 5.11 Å². The Hall–Kier alpha value is -1.68. The van der Waals surface area contributed by atoms with E-state index in [9.17, 15) is 0 Å². The molecule has 4 nitrogen and oxygen atoms in total. The van der Waals surface area contributed by atoms with Gasteiger partial charge < -0.3 is 5.11 Å². The Morgan fingerprint density at radius 3 is 2.76 bits per heavy atom. The lowest BCUT2D eigenvalue weighted by Gasteiger charge is -2.10. The summed E-state index contributed by atoms with van der Waals surface area (Å²) in [4.78, 5) is 0. The second-order valence-electron chi connectivity index (χ2n) is 4.10. The van der Waals surface area contributed by atoms with Crippen LogP contribution in [0.3, 0.4) is 0 Å². The van der Waals surface area contributed by atoms with Crippen LogP contribution in [-0.2, 0) is 6.42 Å². The Bertz CT molecular complexity index is 453. The van der Waals surface area contributed by atoms with Gasteiger partial charge in [-0.15, -0.1) is 5.10 Å². The number of aryl methyl sites for hydroxylation is 1. The molecule has 1 heterocycles. The fourth-order valence-electron chi connectivity index (χ4n) is 1.76. The molecule has 0 saturated heterocycles. The Balaban J connectivity index is 2.09. The normalized spacial score (nSPS) is 12.6. The van der Waals surface area contributed by atoms with Gasteiger partial charge in [-0.3, -0.25) is 0 Å². The van der Waals surface area contributed by atoms with Crippen molar-refractivity contribution in [3.8, 4) is 0 Å². The monoisotopic (exact) mass is 231 g/mol. The van der Waals surface area contributed by atoms with Crippen LogP contribution in [0.25, 0.3) is 0 Å². The first-order chi connectivity index (χ1) is 8.31. The van der Waals surface area contributed by atoms with Crippen LogP contribution < -0.4 is 0 Å². The minimum Gasteiger partial charge on any atom is -0.396 e. The minimum atomic E-state index is 0.187. The van der Waals surface area contributed by atoms with Crippen LogP contribution in [0.4, 0.5) is 0 Å². The van der Waals surface area contributed by atoms with Crippen molar-refractivity contribution in [3.05, 3.63) is 47.8 Å². The van der Waals surface area contributed by atoms with Crippen molar-refractivity contribution >= 4 is 0 Å². The van der Waals surface area contributed by atoms with Crippen LogP contribution in [0.15, 0.2) is 36.5 Å². The Morgan fingerprint density at radius 2 is 2.06 bits per heavy atom. The average Bonchev–Trinajstić information content (AvgIpc) is 2.85. The van der Waals surface area contributed by atoms with Gasteiger partial charge in [0.05, 0.1) is 11.7 Å². The van der Waals surface area contributed by atoms with Crippen molar-refractivity contribution in [2.75, 3.05) is 6.61 Å². The standard InChI is InChI=1S/C13H17N3O/c1-11(12-6-3-2-4-7-12)16-10-13(14-15-16)8-5-9-17/h2-4,6-7,10-11,17H,5,8-9H2,1H3. The van der Waals surface area contributed by atoms with Crippen LogP contribution in [0.1, 0.15) is 30.6 Å². The summed E-state index contributed by atoms with van der Waals surface area (Å²) >= 11 is 0. The van der Waals surface area contributed by atoms with Gasteiger partial charge in [0.15, 0.2) is 0 Å². The van der Waals surface area contributed by atoms with Crippen molar-refractivity contribution in [2.24, 2.45) is 0 Å². The van der Waals surface area contributed by atoms with Gasteiger partial charge in [0.1, 0.15) is 0 Å². The highest BCUT2D eigenvalue weighted by atomic mass is 16.2. The summed E-state index contributed by atoms with van der Waals surface area (Å²) in [5, 5.41) is 17.0. The summed E-state index contributed by atoms with van der Waals surface area (Å²) in [6.45, 7) is 2.29. The van der Waals surface area contributed by atoms with E-state index in [1.54, 1.807) is 0 Å². The maximum Gasteiger partial charge on any atom is 0.0828 e. The van der Waals surface area contributed by atoms with Gasteiger partial charge >= 0.3 is 0 Å². The third kappa shape index (κ3) is 2.91. The summed E-state index contributed by atoms with van der Waals surface area (Å²) < 4.78 is 1.86. The maximum atomic E-state index is 8.77. The van der Waals surface area contributed by atoms with Gasteiger partial charge in [0.25, 0.3) is 0 Å². The summed E-state index contributed by atoms with van der Waals surface area (Å²) in [7, 11) is 0. The van der Waals surface area contributed by atoms with Gasteiger partial charge in [-0.05, 0) is 25.3 Å². The Morgan fingerprint density at radius 1 is 1.29 bits per heavy atom. The average molecular weight is 231 g/mol. The van der Waals surface area contributed by atoms with E-state index >= 15 is 0 Å². The van der Waals surface area contributed by atoms with E-state index in [0.717, 1.165) is 18.5 Å². The SMILES string of the molecule is CC(c1ccccc1)n1cc(CCCO)nn1. The molecule has 2 aromatic rings. The second kappa shape index (κ2) is 5.59. The predicted octanol–water partition coefficient (Wildman–Crippen LogP) is 1.81. The summed E-state index contributed by atoms with van der Waals surface area (Å²) in [5.41, 5.74) is 2.15. The third-order valence-electron chi connectivity index (χ3n) is 2.83. The maximum absolute atomic E-state index is 8.77. The fraction of sp³-hybridized carbons (Fsp3) is 0.385. The lowest BCUT2D eigenvalue weighted by Crippen LogP contribution is -2.07. The van der Waals surface area contributed by atoms with Gasteiger partial charge in [-0.1, -0.05) is 35.5 Å². The van der Waals surface area contributed by atoms with Gasteiger partial charge in [0, 0.05) is 12.8 Å². The lowest BCUT2D eigenvalue weighted by atomic mass is 10.1. The van der Waals surface area contributed by atoms with E-state index in [0.29, 0.717) is 0 Å². The van der Waals surface area contributed by atoms with Crippen LogP contribution in [0.2, 0.25) is 0 Å². The molecule has 17 heavy (non-hydrogen) atoms. The molecule has 1 aromatic heterocycles. The number of aromatic nitrogens is 3. The Kier molecular flexibility index (Phi) is 3.88. The zero-order chi connectivity index (χ0) is 12.1. The number of aliphatic hydroxyl groups is 1. The zero-order valence-corrected chi connectivity index (χ0v) is 9.95. The van der Waals surface area contributed by atoms with Crippen LogP contribution in [0, 0.1) is 0 Å². The van der Waals surface area contributed by atoms with Crippen molar-refractivity contribution in [1.82, 2.24) is 15.0 Å². The van der Waals surface area contributed by atoms with Crippen LogP contribution in [-0.4, -0.2) is 26.7 Å². The molecule has 0 fully saturated rings. The first kappa shape index (κ1) is 11.8. The zero-order valence-electron chi connectivity index (χ0n) is 9.95. The highest BCUT2D eigenvalue weighted by Crippen LogP contribution is 2.16. The smallest absolute Gasteiger partial charge is 0.0828 e. The van der Waals surface area contributed by atoms with Crippen molar-refractivity contribution in [1.29, 1.82) is 0 Å². The van der Waals surface area contributed by atoms with Gasteiger partial charge in [-0.2, -0.15) is 0 Å². The van der Waals surface area contributed by atoms with E-state index in [2.05, 4.69) is 29.4 Å². The molecular weight excluding hydrogens is 214 g/mol. The molecule has 0 spiro atoms. The molecular formula is C13H17N3O. The minimum absolute atomic E-state index is 0.187. The quantitative estimate of drug-likeness (QED) is 0.853. The highest BCUT2D eigenvalue weighted by Gasteiger charge is 2.09. The molecule has 4 heteroatoms. The molecule has 0 bridgehead atoms. The second-order valence-corrected chi connectivity index (χ2v) is 4.10. The van der Waals surface area contributed by atoms with E-state index in [4.69, 9.17) is 5.11 Å². The number of hydrogen-bond acceptors (Lipinski definition) is 3. The van der Waals surface area contributed by atoms with E-state index < -0.39 is 0 Å². The molecule has 90 valence electrons. The molecule has 0 radical (unpaired) electrons. The summed E-state index contributed by atoms with van der Waals surface area (Å²) in [5.74, 6) is 0. The first-order valence-corrected chi connectivity index (χ1v) is 5.88. The molecule has 0 aliphatic rings. The fourth-order valence-corrected chi connectivity index (χ4v) is 1.76. The molecule has 0 saturated carbocycles. The molecule has 1 atom stereocenters. The molecule has 1 N–H and O–H groups in total. The van der Waals surface area contributed by atoms with E-state index in [1.807, 2.05) is 29.1 Å². The predicted molar refractivity (Wildman–Crippen MR) is 65.7 cm³/mol. The number of rotatable bonds is 5. The molecule has 0 amide bonds. The van der Waals surface area contributed by atoms with Crippen molar-refractivity contribution in [2.45, 2.75) is 25.8 Å². The van der Waals surface area contributed by atoms with E-state index in [-0.39, 0.29) is 12.6 Å². The molecule has 0 aliphatic heterocycles. The number of aliphatic hydroxyl groups excluding tert-OH is 1. The van der Waals surface area contributed by atoms with Crippen LogP contribution >= 0.6 is 0 Å². The number of nitrogens with zero attached hydrogens (tertiary/aromatic N) is 3. The molecule has 2 rings (SSSR count). The highest BCUT2D eigenvalue weighted by molar-refractivity contribution is 5.18. The molecule has 0 aliphatic carbocycles. The van der Waals surface area contributed by atoms with E-state index in [1.165, 1.54) is 5.56 Å². The number of benzene rings is 1. The third-order valence-corrected chi connectivity index (χ3v) is 2.83. The summed E-state index contributed by atoms with van der Waals surface area (Å²) in [6, 6.07) is 10.4. The number of hydrogen-bond donors (Lipinski definition) is 1. The molecule has 1 unspecified atom stereocenters. The van der Waals surface area contributed by atoms with Gasteiger partial charge in [0.2, 0.25) is 0 Å². The first-order valence-electron chi connectivity index (χ1n) is 5.88. The topological polar surface area (TPSA) is 50.9 Å². The van der Waals surface area contributed by atoms with Crippen LogP contribution in [0.5, 0.6) is 0 Å². The van der Waals surface area contributed by atoms with Gasteiger partial charge in [-0.25, -0.2) is 4.68 Å². The largest absolute Gasteiger partial charge is 0.396 e. The lowest BCUT2D eigenvalue weighted by molar-refractivity contribution is 0.288. The summed E-state index contributed by atoms with van der Waals surface area (Å²) in [6.07, 6.45) is 3.46. The Labute approximate surface area is 101 Å². The van der Waals surface area contributed by atoms with Crippen molar-refractivity contribution in [3.63, 3.8) is 0 Å². The molecule has 1 aromatic carbocycles.